The Morgan fingerprint density at radius 1 is 1.13 bits per heavy atom. The van der Waals surface area contributed by atoms with Crippen LogP contribution in [0, 0.1) is 19.7 Å². The van der Waals surface area contributed by atoms with Crippen molar-refractivity contribution in [3.05, 3.63) is 87.7 Å². The third kappa shape index (κ3) is 4.23. The average molecular weight is 419 g/mol. The van der Waals surface area contributed by atoms with Crippen molar-refractivity contribution in [2.45, 2.75) is 33.4 Å². The largest absolute Gasteiger partial charge is 0.348 e. The zero-order valence-electron chi connectivity index (χ0n) is 17.5. The van der Waals surface area contributed by atoms with Gasteiger partial charge in [0.15, 0.2) is 0 Å². The molecule has 0 fully saturated rings. The molecule has 1 amide bonds. The molecular formula is C23H22FN5O2. The smallest absolute Gasteiger partial charge is 0.293 e. The van der Waals surface area contributed by atoms with Gasteiger partial charge in [-0.1, -0.05) is 29.8 Å². The van der Waals surface area contributed by atoms with Crippen LogP contribution in [0.3, 0.4) is 0 Å². The van der Waals surface area contributed by atoms with E-state index in [0.717, 1.165) is 26.9 Å². The average Bonchev–Trinajstić information content (AvgIpc) is 3.17. The number of aryl methyl sites for hydroxylation is 2. The summed E-state index contributed by atoms with van der Waals surface area (Å²) in [5.41, 5.74) is 4.46. The van der Waals surface area contributed by atoms with Gasteiger partial charge in [-0.15, -0.1) is 0 Å². The standard InChI is InChI=1S/C23H22FN5O2/c1-14-4-5-15(2)19(10-14)20-11-21-23(31)28(25-13-29(21)27-20)12-22(30)26-16(3)17-6-8-18(24)9-7-17/h4-11,13,16H,12H2,1-3H3,(H,26,30). The van der Waals surface area contributed by atoms with Crippen LogP contribution in [0.4, 0.5) is 4.39 Å². The fourth-order valence-electron chi connectivity index (χ4n) is 3.45. The van der Waals surface area contributed by atoms with Crippen LogP contribution in [-0.4, -0.2) is 25.3 Å². The Bertz CT molecular complexity index is 1320. The molecular weight excluding hydrogens is 397 g/mol. The van der Waals surface area contributed by atoms with Gasteiger partial charge in [0.2, 0.25) is 5.91 Å². The summed E-state index contributed by atoms with van der Waals surface area (Å²) >= 11 is 0. The maximum absolute atomic E-state index is 13.1. The zero-order valence-corrected chi connectivity index (χ0v) is 17.5. The Morgan fingerprint density at radius 3 is 2.61 bits per heavy atom. The molecule has 0 spiro atoms. The van der Waals surface area contributed by atoms with Crippen LogP contribution in [0.25, 0.3) is 16.8 Å². The van der Waals surface area contributed by atoms with Crippen molar-refractivity contribution in [3.63, 3.8) is 0 Å². The van der Waals surface area contributed by atoms with Gasteiger partial charge in [-0.3, -0.25) is 9.59 Å². The van der Waals surface area contributed by atoms with Crippen LogP contribution in [0.5, 0.6) is 0 Å². The third-order valence-electron chi connectivity index (χ3n) is 5.20. The lowest BCUT2D eigenvalue weighted by Gasteiger charge is -2.14. The first-order chi connectivity index (χ1) is 14.8. The molecule has 4 rings (SSSR count). The second-order valence-electron chi connectivity index (χ2n) is 7.61. The number of benzene rings is 2. The Balaban J connectivity index is 1.56. The van der Waals surface area contributed by atoms with Crippen LogP contribution < -0.4 is 10.9 Å². The minimum Gasteiger partial charge on any atom is -0.348 e. The van der Waals surface area contributed by atoms with Gasteiger partial charge < -0.3 is 5.32 Å². The molecule has 0 aliphatic rings. The number of fused-ring (bicyclic) bond motifs is 1. The Morgan fingerprint density at radius 2 is 1.87 bits per heavy atom. The number of halogens is 1. The highest BCUT2D eigenvalue weighted by molar-refractivity contribution is 5.76. The van der Waals surface area contributed by atoms with Crippen molar-refractivity contribution >= 4 is 11.4 Å². The lowest BCUT2D eigenvalue weighted by Crippen LogP contribution is -2.35. The summed E-state index contributed by atoms with van der Waals surface area (Å²) in [5.74, 6) is -0.711. The number of carbonyl (C=O) groups is 1. The number of hydrogen-bond acceptors (Lipinski definition) is 4. The molecule has 1 N–H and O–H groups in total. The Kier molecular flexibility index (Phi) is 5.37. The molecule has 2 aromatic heterocycles. The van der Waals surface area contributed by atoms with Gasteiger partial charge in [-0.05, 0) is 56.2 Å². The molecule has 0 radical (unpaired) electrons. The number of carbonyl (C=O) groups excluding carboxylic acids is 1. The van der Waals surface area contributed by atoms with Gasteiger partial charge in [0.1, 0.15) is 24.2 Å². The number of rotatable bonds is 5. The highest BCUT2D eigenvalue weighted by Crippen LogP contribution is 2.23. The van der Waals surface area contributed by atoms with Gasteiger partial charge in [0, 0.05) is 5.56 Å². The predicted octanol–water partition coefficient (Wildman–Crippen LogP) is 3.19. The summed E-state index contributed by atoms with van der Waals surface area (Å²) in [6.45, 7) is 5.55. The number of aromatic nitrogens is 4. The minimum absolute atomic E-state index is 0.231. The molecule has 0 aliphatic heterocycles. The van der Waals surface area contributed by atoms with Crippen LogP contribution in [0.2, 0.25) is 0 Å². The molecule has 4 aromatic rings. The molecule has 0 bridgehead atoms. The van der Waals surface area contributed by atoms with Crippen molar-refractivity contribution in [2.75, 3.05) is 0 Å². The van der Waals surface area contributed by atoms with E-state index in [2.05, 4.69) is 15.5 Å². The highest BCUT2D eigenvalue weighted by atomic mass is 19.1. The maximum atomic E-state index is 13.1. The van der Waals surface area contributed by atoms with E-state index in [1.807, 2.05) is 32.0 Å². The van der Waals surface area contributed by atoms with Crippen molar-refractivity contribution in [3.8, 4) is 11.3 Å². The third-order valence-corrected chi connectivity index (χ3v) is 5.20. The fraction of sp³-hybridized carbons (Fsp3) is 0.217. The molecule has 8 heteroatoms. The molecule has 0 aliphatic carbocycles. The number of nitrogens with one attached hydrogen (secondary N) is 1. The Hall–Kier alpha value is -3.81. The summed E-state index contributed by atoms with van der Waals surface area (Å²) in [7, 11) is 0. The first kappa shape index (κ1) is 20.5. The molecule has 2 heterocycles. The van der Waals surface area contributed by atoms with Crippen LogP contribution in [-0.2, 0) is 11.3 Å². The second-order valence-corrected chi connectivity index (χ2v) is 7.61. The van der Waals surface area contributed by atoms with E-state index < -0.39 is 5.56 Å². The maximum Gasteiger partial charge on any atom is 0.293 e. The van der Waals surface area contributed by atoms with Crippen LogP contribution in [0.1, 0.15) is 29.7 Å². The van der Waals surface area contributed by atoms with E-state index >= 15 is 0 Å². The molecule has 1 unspecified atom stereocenters. The Labute approximate surface area is 178 Å². The molecule has 1 atom stereocenters. The molecule has 0 saturated heterocycles. The summed E-state index contributed by atoms with van der Waals surface area (Å²) in [6, 6.07) is 13.3. The van der Waals surface area contributed by atoms with E-state index in [-0.39, 0.29) is 24.3 Å². The molecule has 0 saturated carbocycles. The van der Waals surface area contributed by atoms with E-state index in [9.17, 15) is 14.0 Å². The van der Waals surface area contributed by atoms with Gasteiger partial charge in [-0.25, -0.2) is 13.6 Å². The molecule has 7 nitrogen and oxygen atoms in total. The first-order valence-electron chi connectivity index (χ1n) is 9.90. The predicted molar refractivity (Wildman–Crippen MR) is 115 cm³/mol. The zero-order chi connectivity index (χ0) is 22.1. The minimum atomic E-state index is -0.406. The normalized spacial score (nSPS) is 12.1. The van der Waals surface area contributed by atoms with Crippen molar-refractivity contribution in [2.24, 2.45) is 0 Å². The van der Waals surface area contributed by atoms with Crippen molar-refractivity contribution in [1.82, 2.24) is 24.7 Å². The van der Waals surface area contributed by atoms with Gasteiger partial charge in [0.25, 0.3) is 5.56 Å². The first-order valence-corrected chi connectivity index (χ1v) is 9.90. The van der Waals surface area contributed by atoms with Gasteiger partial charge >= 0.3 is 0 Å². The van der Waals surface area contributed by atoms with Gasteiger partial charge in [-0.2, -0.15) is 10.2 Å². The topological polar surface area (TPSA) is 81.3 Å². The highest BCUT2D eigenvalue weighted by Gasteiger charge is 2.15. The summed E-state index contributed by atoms with van der Waals surface area (Å²) in [5, 5.41) is 11.4. The van der Waals surface area contributed by atoms with Gasteiger partial charge in [0.05, 0.1) is 11.7 Å². The van der Waals surface area contributed by atoms with Crippen molar-refractivity contribution in [1.29, 1.82) is 0 Å². The number of nitrogens with zero attached hydrogens (tertiary/aromatic N) is 4. The number of amides is 1. The quantitative estimate of drug-likeness (QED) is 0.539. The lowest BCUT2D eigenvalue weighted by atomic mass is 10.0. The summed E-state index contributed by atoms with van der Waals surface area (Å²) in [6.07, 6.45) is 1.42. The van der Waals surface area contributed by atoms with Crippen LogP contribution >= 0.6 is 0 Å². The fourth-order valence-corrected chi connectivity index (χ4v) is 3.45. The van der Waals surface area contributed by atoms with E-state index in [1.54, 1.807) is 25.1 Å². The van der Waals surface area contributed by atoms with E-state index in [1.165, 1.54) is 23.0 Å². The molecule has 2 aromatic carbocycles. The monoisotopic (exact) mass is 419 g/mol. The SMILES string of the molecule is Cc1ccc(C)c(-c2cc3c(=O)n(CC(=O)NC(C)c4ccc(F)cc4)ncn3n2)c1. The van der Waals surface area contributed by atoms with Crippen LogP contribution in [0.15, 0.2) is 59.7 Å². The summed E-state index contributed by atoms with van der Waals surface area (Å²) < 4.78 is 15.6. The summed E-state index contributed by atoms with van der Waals surface area (Å²) in [4.78, 5) is 25.3. The van der Waals surface area contributed by atoms with Crippen molar-refractivity contribution < 1.29 is 9.18 Å². The molecule has 158 valence electrons. The van der Waals surface area contributed by atoms with E-state index in [0.29, 0.717) is 11.2 Å². The van der Waals surface area contributed by atoms with E-state index in [4.69, 9.17) is 0 Å². The lowest BCUT2D eigenvalue weighted by molar-refractivity contribution is -0.122. The molecule has 31 heavy (non-hydrogen) atoms. The second kappa shape index (κ2) is 8.14. The number of hydrogen-bond donors (Lipinski definition) is 1.